The molecule has 1 aromatic rings. The quantitative estimate of drug-likeness (QED) is 0.444. The van der Waals surface area contributed by atoms with Gasteiger partial charge in [-0.2, -0.15) is 0 Å². The summed E-state index contributed by atoms with van der Waals surface area (Å²) in [5, 5.41) is 8.79. The van der Waals surface area contributed by atoms with Crippen LogP contribution in [0.5, 0.6) is 0 Å². The van der Waals surface area contributed by atoms with Gasteiger partial charge in [-0.25, -0.2) is 0 Å². The number of anilines is 2. The Labute approximate surface area is 124 Å². The van der Waals surface area contributed by atoms with Gasteiger partial charge in [-0.1, -0.05) is 0 Å². The molecule has 1 aromatic carbocycles. The van der Waals surface area contributed by atoms with Gasteiger partial charge in [0, 0.05) is 36.9 Å². The van der Waals surface area contributed by atoms with Crippen molar-refractivity contribution in [2.45, 2.75) is 19.8 Å². The van der Waals surface area contributed by atoms with Crippen LogP contribution < -0.4 is 21.7 Å². The van der Waals surface area contributed by atoms with Gasteiger partial charge in [0.15, 0.2) is 0 Å². The molecule has 2 amide bonds. The maximum Gasteiger partial charge on any atom is 0.253 e. The Bertz CT molecular complexity index is 526. The minimum atomic E-state index is -0.137. The monoisotopic (exact) mass is 290 g/mol. The van der Waals surface area contributed by atoms with Gasteiger partial charge in [0.2, 0.25) is 5.91 Å². The van der Waals surface area contributed by atoms with E-state index in [4.69, 9.17) is 5.73 Å². The first kappa shape index (κ1) is 15.2. The Balaban J connectivity index is 1.89. The summed E-state index contributed by atoms with van der Waals surface area (Å²) < 4.78 is 0. The molecule has 0 unspecified atom stereocenters. The summed E-state index contributed by atoms with van der Waals surface area (Å²) in [7, 11) is 0. The van der Waals surface area contributed by atoms with Crippen molar-refractivity contribution >= 4 is 23.2 Å². The number of rotatable bonds is 7. The lowest BCUT2D eigenvalue weighted by Crippen LogP contribution is -2.30. The van der Waals surface area contributed by atoms with Crippen molar-refractivity contribution in [3.05, 3.63) is 23.8 Å². The fraction of sp³-hybridized carbons (Fsp3) is 0.467. The first-order valence-electron chi connectivity index (χ1n) is 7.31. The van der Waals surface area contributed by atoms with Gasteiger partial charge in [-0.3, -0.25) is 9.59 Å². The van der Waals surface area contributed by atoms with E-state index in [1.807, 2.05) is 6.92 Å². The maximum atomic E-state index is 12.0. The van der Waals surface area contributed by atoms with Gasteiger partial charge in [0.1, 0.15) is 0 Å². The number of hydrogen-bond acceptors (Lipinski definition) is 4. The lowest BCUT2D eigenvalue weighted by atomic mass is 10.1. The van der Waals surface area contributed by atoms with E-state index >= 15 is 0 Å². The molecule has 6 nitrogen and oxygen atoms in total. The summed E-state index contributed by atoms with van der Waals surface area (Å²) in [5.74, 6) is 0.193. The van der Waals surface area contributed by atoms with Crippen molar-refractivity contribution < 1.29 is 9.59 Å². The number of amides is 2. The minimum Gasteiger partial charge on any atom is -0.399 e. The second-order valence-corrected chi connectivity index (χ2v) is 5.16. The zero-order chi connectivity index (χ0) is 15.2. The number of nitrogen functional groups attached to an aromatic ring is 1. The molecule has 1 saturated carbocycles. The van der Waals surface area contributed by atoms with E-state index in [1.165, 1.54) is 0 Å². The molecule has 0 aliphatic heterocycles. The van der Waals surface area contributed by atoms with Crippen LogP contribution in [-0.4, -0.2) is 31.4 Å². The third-order valence-electron chi connectivity index (χ3n) is 3.31. The van der Waals surface area contributed by atoms with Crippen LogP contribution in [0.25, 0.3) is 0 Å². The topological polar surface area (TPSA) is 96.2 Å². The zero-order valence-electron chi connectivity index (χ0n) is 12.2. The molecule has 1 fully saturated rings. The predicted octanol–water partition coefficient (Wildman–Crippen LogP) is 0.957. The number of carbonyl (C=O) groups excluding carboxylic acids is 2. The van der Waals surface area contributed by atoms with Crippen molar-refractivity contribution in [1.29, 1.82) is 0 Å². The molecule has 0 heterocycles. The van der Waals surface area contributed by atoms with E-state index in [2.05, 4.69) is 16.0 Å². The molecule has 0 aromatic heterocycles. The highest BCUT2D eigenvalue weighted by atomic mass is 16.2. The molecule has 1 aliphatic rings. The van der Waals surface area contributed by atoms with Crippen molar-refractivity contribution in [1.82, 2.24) is 10.6 Å². The Kier molecular flexibility index (Phi) is 5.03. The Morgan fingerprint density at radius 3 is 2.67 bits per heavy atom. The highest BCUT2D eigenvalue weighted by molar-refractivity contribution is 6.00. The third kappa shape index (κ3) is 4.37. The van der Waals surface area contributed by atoms with Gasteiger partial charge in [-0.05, 0) is 38.0 Å². The van der Waals surface area contributed by atoms with Gasteiger partial charge in [0.25, 0.3) is 5.91 Å². The summed E-state index contributed by atoms with van der Waals surface area (Å²) in [4.78, 5) is 23.5. The second-order valence-electron chi connectivity index (χ2n) is 5.16. The van der Waals surface area contributed by atoms with E-state index in [9.17, 15) is 9.59 Å². The van der Waals surface area contributed by atoms with Crippen LogP contribution in [-0.2, 0) is 4.79 Å². The normalized spacial score (nSPS) is 13.6. The molecular formula is C15H22N4O2. The third-order valence-corrected chi connectivity index (χ3v) is 3.31. The number of benzene rings is 1. The lowest BCUT2D eigenvalue weighted by molar-refractivity contribution is -0.122. The number of carbonyl (C=O) groups is 2. The Morgan fingerprint density at radius 1 is 1.24 bits per heavy atom. The van der Waals surface area contributed by atoms with Crippen LogP contribution in [0, 0.1) is 5.92 Å². The molecule has 0 radical (unpaired) electrons. The van der Waals surface area contributed by atoms with Gasteiger partial charge in [-0.15, -0.1) is 0 Å². The molecule has 0 saturated heterocycles. The zero-order valence-corrected chi connectivity index (χ0v) is 12.2. The standard InChI is InChI=1S/C15H22N4O2/c1-2-17-15(21)12-6-5-11(16)9-13(12)18-7-8-19-14(20)10-3-4-10/h5-6,9-10,18H,2-4,7-8,16H2,1H3,(H,17,21)(H,19,20). The average Bonchev–Trinajstić information content (AvgIpc) is 3.28. The van der Waals surface area contributed by atoms with Crippen molar-refractivity contribution in [2.75, 3.05) is 30.7 Å². The van der Waals surface area contributed by atoms with Crippen LogP contribution in [0.1, 0.15) is 30.1 Å². The van der Waals surface area contributed by atoms with Crippen molar-refractivity contribution in [3.63, 3.8) is 0 Å². The summed E-state index contributed by atoms with van der Waals surface area (Å²) in [6, 6.07) is 5.13. The first-order valence-corrected chi connectivity index (χ1v) is 7.31. The van der Waals surface area contributed by atoms with Crippen LogP contribution in [0.2, 0.25) is 0 Å². The van der Waals surface area contributed by atoms with Crippen molar-refractivity contribution in [3.8, 4) is 0 Å². The van der Waals surface area contributed by atoms with E-state index in [1.54, 1.807) is 18.2 Å². The highest BCUT2D eigenvalue weighted by Crippen LogP contribution is 2.28. The van der Waals surface area contributed by atoms with Crippen LogP contribution in [0.4, 0.5) is 11.4 Å². The van der Waals surface area contributed by atoms with Crippen molar-refractivity contribution in [2.24, 2.45) is 5.92 Å². The summed E-state index contributed by atoms with van der Waals surface area (Å²) in [5.41, 5.74) is 7.59. The molecule has 1 aliphatic carbocycles. The Hall–Kier alpha value is -2.24. The minimum absolute atomic E-state index is 0.119. The molecule has 5 N–H and O–H groups in total. The SMILES string of the molecule is CCNC(=O)c1ccc(N)cc1NCCNC(=O)C1CC1. The van der Waals surface area contributed by atoms with E-state index in [0.717, 1.165) is 12.8 Å². The summed E-state index contributed by atoms with van der Waals surface area (Å²) in [6.45, 7) is 3.52. The molecule has 2 rings (SSSR count). The molecule has 6 heteroatoms. The molecule has 21 heavy (non-hydrogen) atoms. The van der Waals surface area contributed by atoms with Crippen LogP contribution in [0.15, 0.2) is 18.2 Å². The molecule has 114 valence electrons. The Morgan fingerprint density at radius 2 is 2.00 bits per heavy atom. The largest absolute Gasteiger partial charge is 0.399 e. The van der Waals surface area contributed by atoms with Gasteiger partial charge < -0.3 is 21.7 Å². The fourth-order valence-electron chi connectivity index (χ4n) is 2.03. The molecule has 0 spiro atoms. The number of nitrogens with one attached hydrogen (secondary N) is 3. The molecule has 0 bridgehead atoms. The smallest absolute Gasteiger partial charge is 0.253 e. The lowest BCUT2D eigenvalue weighted by Gasteiger charge is -2.13. The van der Waals surface area contributed by atoms with Gasteiger partial charge >= 0.3 is 0 Å². The van der Waals surface area contributed by atoms with Crippen LogP contribution >= 0.6 is 0 Å². The van der Waals surface area contributed by atoms with E-state index < -0.39 is 0 Å². The van der Waals surface area contributed by atoms with Gasteiger partial charge in [0.05, 0.1) is 5.56 Å². The number of hydrogen-bond donors (Lipinski definition) is 4. The second kappa shape index (κ2) is 6.97. The highest BCUT2D eigenvalue weighted by Gasteiger charge is 2.28. The maximum absolute atomic E-state index is 12.0. The number of nitrogens with two attached hydrogens (primary N) is 1. The fourth-order valence-corrected chi connectivity index (χ4v) is 2.03. The average molecular weight is 290 g/mol. The van der Waals surface area contributed by atoms with E-state index in [0.29, 0.717) is 36.6 Å². The summed E-state index contributed by atoms with van der Waals surface area (Å²) >= 11 is 0. The molecular weight excluding hydrogens is 268 g/mol. The molecule has 0 atom stereocenters. The van der Waals surface area contributed by atoms with Crippen LogP contribution in [0.3, 0.4) is 0 Å². The summed E-state index contributed by atoms with van der Waals surface area (Å²) in [6.07, 6.45) is 1.99. The predicted molar refractivity (Wildman–Crippen MR) is 83.1 cm³/mol. The first-order chi connectivity index (χ1) is 10.1. The van der Waals surface area contributed by atoms with E-state index in [-0.39, 0.29) is 17.7 Å².